The molecule has 1 saturated carbocycles. The van der Waals surface area contributed by atoms with Gasteiger partial charge in [-0.3, -0.25) is 4.79 Å². The molecule has 3 rings (SSSR count). The molecule has 1 aliphatic heterocycles. The lowest BCUT2D eigenvalue weighted by molar-refractivity contribution is -0.124. The van der Waals surface area contributed by atoms with Crippen molar-refractivity contribution in [2.45, 2.75) is 64.1 Å². The zero-order valence-electron chi connectivity index (χ0n) is 12.9. The van der Waals surface area contributed by atoms with Crippen LogP contribution in [0.25, 0.3) is 0 Å². The van der Waals surface area contributed by atoms with Gasteiger partial charge in [0, 0.05) is 12.6 Å². The summed E-state index contributed by atoms with van der Waals surface area (Å²) in [6.45, 7) is 2.97. The minimum Gasteiger partial charge on any atom is -0.352 e. The third-order valence-corrected chi connectivity index (χ3v) is 5.12. The Hall–Kier alpha value is -1.35. The lowest BCUT2D eigenvalue weighted by atomic mass is 9.84. The maximum atomic E-state index is 12.5. The fraction of sp³-hybridized carbons (Fsp3) is 0.611. The largest absolute Gasteiger partial charge is 0.352 e. The Morgan fingerprint density at radius 2 is 1.90 bits per heavy atom. The van der Waals surface area contributed by atoms with Crippen molar-refractivity contribution in [2.75, 3.05) is 0 Å². The van der Waals surface area contributed by atoms with Crippen LogP contribution in [0, 0.1) is 5.92 Å². The van der Waals surface area contributed by atoms with Gasteiger partial charge in [0.2, 0.25) is 5.91 Å². The SMILES string of the molecule is CC(NC(=O)C1Cc2ccccc2CN1)C1CCCCC1. The van der Waals surface area contributed by atoms with Crippen LogP contribution in [0.4, 0.5) is 0 Å². The van der Waals surface area contributed by atoms with Gasteiger partial charge >= 0.3 is 0 Å². The second-order valence-corrected chi connectivity index (χ2v) is 6.60. The van der Waals surface area contributed by atoms with Crippen LogP contribution in [-0.4, -0.2) is 18.0 Å². The van der Waals surface area contributed by atoms with Crippen molar-refractivity contribution in [1.82, 2.24) is 10.6 Å². The topological polar surface area (TPSA) is 41.1 Å². The Balaban J connectivity index is 1.56. The molecule has 21 heavy (non-hydrogen) atoms. The number of amides is 1. The van der Waals surface area contributed by atoms with Crippen LogP contribution in [0.5, 0.6) is 0 Å². The Bertz CT molecular complexity index is 494. The lowest BCUT2D eigenvalue weighted by Crippen LogP contribution is -2.51. The number of hydrogen-bond donors (Lipinski definition) is 2. The first-order valence-electron chi connectivity index (χ1n) is 8.34. The predicted octanol–water partition coefficient (Wildman–Crippen LogP) is 2.79. The van der Waals surface area contributed by atoms with Gasteiger partial charge in [-0.05, 0) is 43.2 Å². The van der Waals surface area contributed by atoms with Crippen molar-refractivity contribution < 1.29 is 4.79 Å². The maximum absolute atomic E-state index is 12.5. The molecule has 3 nitrogen and oxygen atoms in total. The molecule has 0 aromatic heterocycles. The van der Waals surface area contributed by atoms with Gasteiger partial charge in [-0.25, -0.2) is 0 Å². The van der Waals surface area contributed by atoms with Crippen LogP contribution in [0.3, 0.4) is 0 Å². The molecule has 114 valence electrons. The van der Waals surface area contributed by atoms with Crippen LogP contribution in [-0.2, 0) is 17.8 Å². The van der Waals surface area contributed by atoms with Gasteiger partial charge in [-0.15, -0.1) is 0 Å². The van der Waals surface area contributed by atoms with Gasteiger partial charge < -0.3 is 10.6 Å². The van der Waals surface area contributed by atoms with E-state index in [1.807, 2.05) is 0 Å². The minimum atomic E-state index is -0.0778. The van der Waals surface area contributed by atoms with Gasteiger partial charge in [0.05, 0.1) is 6.04 Å². The molecular formula is C18H26N2O. The van der Waals surface area contributed by atoms with Crippen molar-refractivity contribution in [1.29, 1.82) is 0 Å². The number of fused-ring (bicyclic) bond motifs is 1. The second-order valence-electron chi connectivity index (χ2n) is 6.60. The first-order chi connectivity index (χ1) is 10.2. The Kier molecular flexibility index (Phi) is 4.59. The molecule has 0 radical (unpaired) electrons. The number of hydrogen-bond acceptors (Lipinski definition) is 2. The third kappa shape index (κ3) is 3.46. The summed E-state index contributed by atoms with van der Waals surface area (Å²) in [5.74, 6) is 0.834. The summed E-state index contributed by atoms with van der Waals surface area (Å²) >= 11 is 0. The monoisotopic (exact) mass is 286 g/mol. The van der Waals surface area contributed by atoms with Crippen LogP contribution in [0.2, 0.25) is 0 Å². The summed E-state index contributed by atoms with van der Waals surface area (Å²) in [6.07, 6.45) is 7.34. The summed E-state index contributed by atoms with van der Waals surface area (Å²) in [5.41, 5.74) is 2.63. The molecule has 1 aliphatic carbocycles. The quantitative estimate of drug-likeness (QED) is 0.897. The van der Waals surface area contributed by atoms with E-state index >= 15 is 0 Å². The average Bonchev–Trinajstić information content (AvgIpc) is 2.55. The lowest BCUT2D eigenvalue weighted by Gasteiger charge is -2.31. The maximum Gasteiger partial charge on any atom is 0.237 e. The van der Waals surface area contributed by atoms with E-state index in [2.05, 4.69) is 41.8 Å². The molecule has 1 aromatic carbocycles. The van der Waals surface area contributed by atoms with Gasteiger partial charge in [-0.1, -0.05) is 43.5 Å². The van der Waals surface area contributed by atoms with Crippen molar-refractivity contribution in [3.05, 3.63) is 35.4 Å². The second kappa shape index (κ2) is 6.61. The van der Waals surface area contributed by atoms with Crippen LogP contribution >= 0.6 is 0 Å². The molecule has 0 saturated heterocycles. The first kappa shape index (κ1) is 14.6. The number of benzene rings is 1. The van der Waals surface area contributed by atoms with E-state index in [1.165, 1.54) is 43.2 Å². The van der Waals surface area contributed by atoms with Crippen LogP contribution < -0.4 is 10.6 Å². The standard InChI is InChI=1S/C18H26N2O/c1-13(14-7-3-2-4-8-14)20-18(21)17-11-15-9-5-6-10-16(15)12-19-17/h5-6,9-10,13-14,17,19H,2-4,7-8,11-12H2,1H3,(H,20,21). The normalized spacial score (nSPS) is 24.1. The van der Waals surface area contributed by atoms with Crippen molar-refractivity contribution in [3.63, 3.8) is 0 Å². The van der Waals surface area contributed by atoms with Crippen molar-refractivity contribution >= 4 is 5.91 Å². The van der Waals surface area contributed by atoms with Gasteiger partial charge in [0.1, 0.15) is 0 Å². The number of rotatable bonds is 3. The summed E-state index contributed by atoms with van der Waals surface area (Å²) in [4.78, 5) is 12.5. The molecule has 1 amide bonds. The average molecular weight is 286 g/mol. The fourth-order valence-electron chi connectivity index (χ4n) is 3.72. The molecule has 2 aliphatic rings. The highest BCUT2D eigenvalue weighted by Gasteiger charge is 2.27. The minimum absolute atomic E-state index is 0.0778. The van der Waals surface area contributed by atoms with E-state index in [0.29, 0.717) is 12.0 Å². The smallest absolute Gasteiger partial charge is 0.237 e. The third-order valence-electron chi connectivity index (χ3n) is 5.12. The summed E-state index contributed by atoms with van der Waals surface area (Å²) in [6, 6.07) is 8.63. The van der Waals surface area contributed by atoms with Gasteiger partial charge in [0.15, 0.2) is 0 Å². The molecule has 1 heterocycles. The molecule has 1 aromatic rings. The number of nitrogens with one attached hydrogen (secondary N) is 2. The molecular weight excluding hydrogens is 260 g/mol. The van der Waals surface area contributed by atoms with Gasteiger partial charge in [0.25, 0.3) is 0 Å². The summed E-state index contributed by atoms with van der Waals surface area (Å²) in [7, 11) is 0. The van der Waals surface area contributed by atoms with E-state index < -0.39 is 0 Å². The van der Waals surface area contributed by atoms with E-state index in [4.69, 9.17) is 0 Å². The van der Waals surface area contributed by atoms with Crippen LogP contribution in [0.15, 0.2) is 24.3 Å². The Morgan fingerprint density at radius 3 is 2.67 bits per heavy atom. The number of carbonyl (C=O) groups excluding carboxylic acids is 1. The van der Waals surface area contributed by atoms with Crippen LogP contribution in [0.1, 0.15) is 50.2 Å². The summed E-state index contributed by atoms with van der Waals surface area (Å²) < 4.78 is 0. The number of carbonyl (C=O) groups is 1. The first-order valence-corrected chi connectivity index (χ1v) is 8.34. The van der Waals surface area contributed by atoms with E-state index in [1.54, 1.807) is 0 Å². The highest BCUT2D eigenvalue weighted by molar-refractivity contribution is 5.82. The fourth-order valence-corrected chi connectivity index (χ4v) is 3.72. The molecule has 0 spiro atoms. The highest BCUT2D eigenvalue weighted by Crippen LogP contribution is 2.26. The Morgan fingerprint density at radius 1 is 1.19 bits per heavy atom. The molecule has 2 N–H and O–H groups in total. The zero-order valence-corrected chi connectivity index (χ0v) is 12.9. The molecule has 0 bridgehead atoms. The molecule has 2 unspecified atom stereocenters. The predicted molar refractivity (Wildman–Crippen MR) is 85.0 cm³/mol. The molecule has 3 heteroatoms. The highest BCUT2D eigenvalue weighted by atomic mass is 16.2. The molecule has 2 atom stereocenters. The van der Waals surface area contributed by atoms with Gasteiger partial charge in [-0.2, -0.15) is 0 Å². The van der Waals surface area contributed by atoms with E-state index in [0.717, 1.165) is 13.0 Å². The van der Waals surface area contributed by atoms with E-state index in [9.17, 15) is 4.79 Å². The molecule has 1 fully saturated rings. The van der Waals surface area contributed by atoms with Crippen molar-refractivity contribution in [3.8, 4) is 0 Å². The van der Waals surface area contributed by atoms with E-state index in [-0.39, 0.29) is 11.9 Å². The zero-order chi connectivity index (χ0) is 14.7. The Labute approximate surface area is 127 Å². The summed E-state index contributed by atoms with van der Waals surface area (Å²) in [5, 5.41) is 6.62. The van der Waals surface area contributed by atoms with Crippen molar-refractivity contribution in [2.24, 2.45) is 5.92 Å².